The lowest BCUT2D eigenvalue weighted by Crippen LogP contribution is -2.60. The largest absolute Gasteiger partial charge is 0.452 e. The maximum atomic E-state index is 12.8. The first-order valence-corrected chi connectivity index (χ1v) is 11.5. The van der Waals surface area contributed by atoms with Crippen molar-refractivity contribution in [2.45, 2.75) is 64.5 Å². The molecule has 0 atom stereocenters. The number of aryl methyl sites for hydroxylation is 1. The van der Waals surface area contributed by atoms with Crippen LogP contribution in [-0.2, 0) is 16.1 Å². The molecule has 0 radical (unpaired) electrons. The van der Waals surface area contributed by atoms with E-state index in [1.165, 1.54) is 19.3 Å². The van der Waals surface area contributed by atoms with Gasteiger partial charge >= 0.3 is 5.97 Å². The van der Waals surface area contributed by atoms with Crippen molar-refractivity contribution in [2.75, 3.05) is 6.61 Å². The summed E-state index contributed by atoms with van der Waals surface area (Å²) in [7, 11) is 0. The summed E-state index contributed by atoms with van der Waals surface area (Å²) in [5, 5.41) is 7.78. The van der Waals surface area contributed by atoms with Crippen LogP contribution in [0.5, 0.6) is 0 Å². The SMILES string of the molecule is Cc1nn(Cc2ccccc2)c(C)c1C(=O)OCC(=O)NC12CC3CC(CC(C3)C1)C2. The van der Waals surface area contributed by atoms with Crippen molar-refractivity contribution in [3.63, 3.8) is 0 Å². The number of nitrogens with one attached hydrogen (secondary N) is 1. The summed E-state index contributed by atoms with van der Waals surface area (Å²) in [6, 6.07) is 10.0. The maximum absolute atomic E-state index is 12.8. The van der Waals surface area contributed by atoms with Gasteiger partial charge in [-0.3, -0.25) is 9.48 Å². The van der Waals surface area contributed by atoms with Gasteiger partial charge in [0.25, 0.3) is 5.91 Å². The molecule has 6 rings (SSSR count). The first kappa shape index (κ1) is 20.3. The van der Waals surface area contributed by atoms with Crippen LogP contribution in [0.4, 0.5) is 0 Å². The Bertz CT molecular complexity index is 960. The fraction of sp³-hybridized carbons (Fsp3) is 0.560. The summed E-state index contributed by atoms with van der Waals surface area (Å²) < 4.78 is 7.24. The Morgan fingerprint density at radius 2 is 1.68 bits per heavy atom. The summed E-state index contributed by atoms with van der Waals surface area (Å²) in [5.74, 6) is 1.62. The minimum Gasteiger partial charge on any atom is -0.452 e. The van der Waals surface area contributed by atoms with Gasteiger partial charge in [-0.25, -0.2) is 4.79 Å². The molecule has 4 bridgehead atoms. The lowest BCUT2D eigenvalue weighted by Gasteiger charge is -2.56. The number of rotatable bonds is 6. The average molecular weight is 422 g/mol. The van der Waals surface area contributed by atoms with Crippen LogP contribution >= 0.6 is 0 Å². The number of hydrogen-bond donors (Lipinski definition) is 1. The van der Waals surface area contributed by atoms with E-state index < -0.39 is 5.97 Å². The number of amides is 1. The van der Waals surface area contributed by atoms with Crippen LogP contribution < -0.4 is 5.32 Å². The standard InChI is InChI=1S/C25H31N3O3/c1-16-23(17(2)28(27-16)14-18-6-4-3-5-7-18)24(30)31-15-22(29)26-25-11-19-8-20(12-25)10-21(9-19)13-25/h3-7,19-21H,8-15H2,1-2H3,(H,26,29). The van der Waals surface area contributed by atoms with E-state index in [2.05, 4.69) is 10.4 Å². The van der Waals surface area contributed by atoms with E-state index in [0.29, 0.717) is 17.8 Å². The highest BCUT2D eigenvalue weighted by molar-refractivity contribution is 5.93. The molecule has 0 spiro atoms. The number of esters is 1. The van der Waals surface area contributed by atoms with Gasteiger partial charge < -0.3 is 10.1 Å². The normalized spacial score (nSPS) is 28.5. The Labute approximate surface area is 183 Å². The molecule has 4 aliphatic carbocycles. The molecule has 0 saturated heterocycles. The smallest absolute Gasteiger partial charge is 0.342 e. The number of ether oxygens (including phenoxy) is 1. The number of nitrogens with zero attached hydrogens (tertiary/aromatic N) is 2. The Kier molecular flexibility index (Phi) is 5.11. The first-order chi connectivity index (χ1) is 14.9. The summed E-state index contributed by atoms with van der Waals surface area (Å²) in [6.45, 7) is 4.03. The number of benzene rings is 1. The third-order valence-electron chi connectivity index (χ3n) is 7.54. The highest BCUT2D eigenvalue weighted by atomic mass is 16.5. The van der Waals surface area contributed by atoms with Gasteiger partial charge in [0.15, 0.2) is 6.61 Å². The van der Waals surface area contributed by atoms with Crippen LogP contribution in [0, 0.1) is 31.6 Å². The van der Waals surface area contributed by atoms with E-state index in [0.717, 1.165) is 48.3 Å². The second kappa shape index (κ2) is 7.81. The van der Waals surface area contributed by atoms with Gasteiger partial charge in [-0.1, -0.05) is 30.3 Å². The van der Waals surface area contributed by atoms with Gasteiger partial charge in [0, 0.05) is 5.54 Å². The van der Waals surface area contributed by atoms with Gasteiger partial charge in [-0.15, -0.1) is 0 Å². The average Bonchev–Trinajstić information content (AvgIpc) is 2.98. The van der Waals surface area contributed by atoms with Crippen LogP contribution in [0.15, 0.2) is 30.3 Å². The molecule has 1 aromatic carbocycles. The van der Waals surface area contributed by atoms with Crippen molar-refractivity contribution in [3.8, 4) is 0 Å². The topological polar surface area (TPSA) is 73.2 Å². The van der Waals surface area contributed by atoms with Crippen LogP contribution in [0.2, 0.25) is 0 Å². The third kappa shape index (κ3) is 4.00. The highest BCUT2D eigenvalue weighted by Crippen LogP contribution is 2.55. The number of carbonyl (C=O) groups excluding carboxylic acids is 2. The molecular formula is C25H31N3O3. The molecule has 4 aliphatic rings. The molecule has 6 nitrogen and oxygen atoms in total. The van der Waals surface area contributed by atoms with Gasteiger partial charge in [0.05, 0.1) is 17.9 Å². The minimum atomic E-state index is -0.477. The van der Waals surface area contributed by atoms with Crippen molar-refractivity contribution in [3.05, 3.63) is 52.8 Å². The summed E-state index contributed by atoms with van der Waals surface area (Å²) >= 11 is 0. The summed E-state index contributed by atoms with van der Waals surface area (Å²) in [5.41, 5.74) is 2.89. The Hall–Kier alpha value is -2.63. The van der Waals surface area contributed by atoms with Crippen molar-refractivity contribution < 1.29 is 14.3 Å². The van der Waals surface area contributed by atoms with E-state index in [4.69, 9.17) is 4.74 Å². The third-order valence-corrected chi connectivity index (χ3v) is 7.54. The number of aromatic nitrogens is 2. The van der Waals surface area contributed by atoms with Gasteiger partial charge in [0.1, 0.15) is 5.56 Å². The van der Waals surface area contributed by atoms with Crippen molar-refractivity contribution in [2.24, 2.45) is 17.8 Å². The van der Waals surface area contributed by atoms with Crippen LogP contribution in [-0.4, -0.2) is 33.8 Å². The predicted octanol–water partition coefficient (Wildman–Crippen LogP) is 3.79. The molecule has 1 N–H and O–H groups in total. The molecular weight excluding hydrogens is 390 g/mol. The summed E-state index contributed by atoms with van der Waals surface area (Å²) in [4.78, 5) is 25.4. The molecule has 0 aliphatic heterocycles. The molecule has 164 valence electrons. The van der Waals surface area contributed by atoms with Crippen molar-refractivity contribution >= 4 is 11.9 Å². The lowest BCUT2D eigenvalue weighted by molar-refractivity contribution is -0.130. The quantitative estimate of drug-likeness (QED) is 0.721. The maximum Gasteiger partial charge on any atom is 0.342 e. The van der Waals surface area contributed by atoms with Crippen molar-refractivity contribution in [1.82, 2.24) is 15.1 Å². The van der Waals surface area contributed by atoms with Gasteiger partial charge in [-0.05, 0) is 75.7 Å². The fourth-order valence-electron chi connectivity index (χ4n) is 6.70. The second-order valence-corrected chi connectivity index (χ2v) is 10.0. The van der Waals surface area contributed by atoms with E-state index in [-0.39, 0.29) is 18.1 Å². The monoisotopic (exact) mass is 421 g/mol. The lowest BCUT2D eigenvalue weighted by atomic mass is 9.53. The zero-order valence-electron chi connectivity index (χ0n) is 18.4. The van der Waals surface area contributed by atoms with E-state index in [9.17, 15) is 9.59 Å². The molecule has 1 aromatic heterocycles. The Balaban J connectivity index is 1.20. The molecule has 31 heavy (non-hydrogen) atoms. The van der Waals surface area contributed by atoms with Crippen molar-refractivity contribution in [1.29, 1.82) is 0 Å². The molecule has 6 heteroatoms. The zero-order chi connectivity index (χ0) is 21.6. The van der Waals surface area contributed by atoms with E-state index >= 15 is 0 Å². The van der Waals surface area contributed by atoms with Crippen LogP contribution in [0.1, 0.15) is 65.8 Å². The second-order valence-electron chi connectivity index (χ2n) is 10.0. The minimum absolute atomic E-state index is 0.0648. The summed E-state index contributed by atoms with van der Waals surface area (Å²) in [6.07, 6.45) is 7.25. The van der Waals surface area contributed by atoms with Crippen LogP contribution in [0.25, 0.3) is 0 Å². The van der Waals surface area contributed by atoms with Gasteiger partial charge in [0.2, 0.25) is 0 Å². The van der Waals surface area contributed by atoms with Gasteiger partial charge in [-0.2, -0.15) is 5.10 Å². The van der Waals surface area contributed by atoms with Crippen LogP contribution in [0.3, 0.4) is 0 Å². The molecule has 2 aromatic rings. The predicted molar refractivity (Wildman–Crippen MR) is 117 cm³/mol. The number of hydrogen-bond acceptors (Lipinski definition) is 4. The zero-order valence-corrected chi connectivity index (χ0v) is 18.4. The van der Waals surface area contributed by atoms with E-state index in [1.54, 1.807) is 6.92 Å². The molecule has 1 amide bonds. The highest BCUT2D eigenvalue weighted by Gasteiger charge is 2.51. The Morgan fingerprint density at radius 1 is 1.06 bits per heavy atom. The number of carbonyl (C=O) groups is 2. The molecule has 4 saturated carbocycles. The first-order valence-electron chi connectivity index (χ1n) is 11.5. The van der Waals surface area contributed by atoms with E-state index in [1.807, 2.05) is 41.9 Å². The molecule has 4 fully saturated rings. The molecule has 1 heterocycles. The fourth-order valence-corrected chi connectivity index (χ4v) is 6.70. The Morgan fingerprint density at radius 3 is 2.29 bits per heavy atom. The molecule has 0 unspecified atom stereocenters.